The first kappa shape index (κ1) is 32.5. The number of aliphatic hydroxyl groups is 2. The average molecular weight is 556 g/mol. The molecule has 0 amide bonds. The fourth-order valence-electron chi connectivity index (χ4n) is 5.53. The van der Waals surface area contributed by atoms with E-state index in [4.69, 9.17) is 0 Å². The Kier molecular flexibility index (Phi) is 11.7. The molecule has 4 rings (SSSR count). The van der Waals surface area contributed by atoms with Crippen LogP contribution in [0.25, 0.3) is 0 Å². The van der Waals surface area contributed by atoms with Crippen LogP contribution in [-0.2, 0) is 15.8 Å². The Hall–Kier alpha value is -2.74. The fraction of sp³-hybridized carbons (Fsp3) is 0.406. The van der Waals surface area contributed by atoms with Gasteiger partial charge in [-0.15, -0.1) is 12.4 Å². The van der Waals surface area contributed by atoms with Crippen molar-refractivity contribution in [3.05, 3.63) is 107 Å². The second-order valence-electron chi connectivity index (χ2n) is 10.8. The number of carboxylic acids is 1. The van der Waals surface area contributed by atoms with Crippen LogP contribution in [0.2, 0.25) is 0 Å². The molecule has 0 aliphatic carbocycles. The summed E-state index contributed by atoms with van der Waals surface area (Å²) < 4.78 is 0. The minimum absolute atomic E-state index is 0. The van der Waals surface area contributed by atoms with Gasteiger partial charge in [0.1, 0.15) is 5.60 Å². The van der Waals surface area contributed by atoms with Crippen LogP contribution < -0.4 is 0 Å². The van der Waals surface area contributed by atoms with E-state index in [0.717, 1.165) is 55.6 Å². The van der Waals surface area contributed by atoms with E-state index >= 15 is 0 Å². The van der Waals surface area contributed by atoms with Gasteiger partial charge >= 0.3 is 5.97 Å². The van der Waals surface area contributed by atoms with Crippen molar-refractivity contribution in [1.82, 2.24) is 4.90 Å². The summed E-state index contributed by atoms with van der Waals surface area (Å²) in [4.78, 5) is 14.0. The number of piperidine rings is 1. The van der Waals surface area contributed by atoms with E-state index in [1.165, 1.54) is 0 Å². The highest BCUT2D eigenvalue weighted by Gasteiger charge is 2.41. The molecule has 0 aromatic heterocycles. The molecule has 1 fully saturated rings. The molecule has 39 heavy (non-hydrogen) atoms. The quantitative estimate of drug-likeness (QED) is 0.322. The third-order valence-corrected chi connectivity index (χ3v) is 8.09. The van der Waals surface area contributed by atoms with Gasteiger partial charge in [-0.3, -0.25) is 4.79 Å². The minimum atomic E-state index is -1.01. The number of hydrogen-bond acceptors (Lipinski definition) is 4. The van der Waals surface area contributed by atoms with Crippen molar-refractivity contribution in [3.63, 3.8) is 0 Å². The molecule has 0 radical (unpaired) electrons. The van der Waals surface area contributed by atoms with Crippen molar-refractivity contribution in [2.24, 2.45) is 5.92 Å². The van der Waals surface area contributed by atoms with Crippen LogP contribution in [-0.4, -0.2) is 51.3 Å². The summed E-state index contributed by atoms with van der Waals surface area (Å²) in [6.45, 7) is 6.07. The van der Waals surface area contributed by atoms with E-state index in [1.54, 1.807) is 19.9 Å². The lowest BCUT2D eigenvalue weighted by Gasteiger charge is -2.42. The molecule has 1 heterocycles. The molecule has 3 aromatic rings. The van der Waals surface area contributed by atoms with Crippen molar-refractivity contribution in [2.45, 2.75) is 56.7 Å². The van der Waals surface area contributed by atoms with Crippen LogP contribution in [0, 0.1) is 5.92 Å². The maximum absolute atomic E-state index is 12.1. The molecule has 1 unspecified atom stereocenters. The Balaban J connectivity index is 0.00000267. The molecule has 0 spiro atoms. The number of aliphatic carboxylic acids is 1. The standard InChI is InChI=1S/C32H39NO4.ClH.H2O/c1-31(2,30(35)36)28-16-9-11-24(23-28)29(34)17-10-20-33-21-18-27(19-22-33)32(37,25-12-5-3-6-13-25)26-14-7-4-8-15-26;;/h3-9,11-16,23,27,29,34,37H,10,17-22H2,1-2H3,(H,35,36);1H;1H2. The van der Waals surface area contributed by atoms with Crippen LogP contribution in [0.4, 0.5) is 0 Å². The summed E-state index contributed by atoms with van der Waals surface area (Å²) in [5.41, 5.74) is 1.33. The third-order valence-electron chi connectivity index (χ3n) is 8.09. The van der Waals surface area contributed by atoms with Crippen molar-refractivity contribution < 1.29 is 25.6 Å². The average Bonchev–Trinajstić information content (AvgIpc) is 2.94. The number of benzene rings is 3. The van der Waals surface area contributed by atoms with Crippen molar-refractivity contribution in [2.75, 3.05) is 19.6 Å². The number of carboxylic acid groups (broad SMARTS) is 1. The second kappa shape index (κ2) is 14.1. The largest absolute Gasteiger partial charge is 0.481 e. The molecule has 1 aliphatic rings. The van der Waals surface area contributed by atoms with Gasteiger partial charge in [0.25, 0.3) is 0 Å². The Bertz CT molecular complexity index is 1120. The zero-order valence-corrected chi connectivity index (χ0v) is 23.6. The summed E-state index contributed by atoms with van der Waals surface area (Å²) in [7, 11) is 0. The van der Waals surface area contributed by atoms with Gasteiger partial charge in [0.2, 0.25) is 0 Å². The lowest BCUT2D eigenvalue weighted by molar-refractivity contribution is -0.142. The Morgan fingerprint density at radius 3 is 1.92 bits per heavy atom. The molecular formula is C32H42ClNO5. The second-order valence-corrected chi connectivity index (χ2v) is 10.8. The molecule has 0 saturated carbocycles. The van der Waals surface area contributed by atoms with E-state index in [9.17, 15) is 20.1 Å². The zero-order valence-electron chi connectivity index (χ0n) is 22.8. The van der Waals surface area contributed by atoms with Gasteiger partial charge in [-0.25, -0.2) is 0 Å². The van der Waals surface area contributed by atoms with Crippen molar-refractivity contribution in [3.8, 4) is 0 Å². The maximum atomic E-state index is 12.1. The van der Waals surface area contributed by atoms with Gasteiger partial charge in [0.05, 0.1) is 11.5 Å². The van der Waals surface area contributed by atoms with Crippen LogP contribution in [0.15, 0.2) is 84.9 Å². The predicted octanol–water partition coefficient (Wildman–Crippen LogP) is 5.11. The normalized spacial score (nSPS) is 15.6. The zero-order chi connectivity index (χ0) is 26.5. The lowest BCUT2D eigenvalue weighted by Crippen LogP contribution is -2.44. The highest BCUT2D eigenvalue weighted by atomic mass is 35.5. The first-order valence-corrected chi connectivity index (χ1v) is 13.3. The monoisotopic (exact) mass is 555 g/mol. The van der Waals surface area contributed by atoms with E-state index in [2.05, 4.69) is 4.90 Å². The minimum Gasteiger partial charge on any atom is -0.481 e. The van der Waals surface area contributed by atoms with E-state index in [1.807, 2.05) is 78.9 Å². The number of aliphatic hydroxyl groups excluding tert-OH is 1. The first-order valence-electron chi connectivity index (χ1n) is 13.3. The summed E-state index contributed by atoms with van der Waals surface area (Å²) in [6.07, 6.45) is 2.64. The third kappa shape index (κ3) is 7.27. The predicted molar refractivity (Wildman–Crippen MR) is 157 cm³/mol. The Morgan fingerprint density at radius 1 is 0.897 bits per heavy atom. The first-order chi connectivity index (χ1) is 17.7. The van der Waals surface area contributed by atoms with Gasteiger partial charge in [0, 0.05) is 0 Å². The molecule has 1 aliphatic heterocycles. The van der Waals surface area contributed by atoms with E-state index < -0.39 is 23.1 Å². The number of likely N-dealkylation sites (tertiary alicyclic amines) is 1. The molecule has 212 valence electrons. The van der Waals surface area contributed by atoms with E-state index in [-0.39, 0.29) is 23.8 Å². The van der Waals surface area contributed by atoms with Gasteiger partial charge < -0.3 is 25.7 Å². The van der Waals surface area contributed by atoms with Gasteiger partial charge in [-0.1, -0.05) is 84.9 Å². The van der Waals surface area contributed by atoms with Crippen LogP contribution in [0.3, 0.4) is 0 Å². The number of rotatable bonds is 10. The fourth-order valence-corrected chi connectivity index (χ4v) is 5.53. The van der Waals surface area contributed by atoms with Gasteiger partial charge in [-0.05, 0) is 87.3 Å². The Labute approximate surface area is 238 Å². The molecule has 7 heteroatoms. The van der Waals surface area contributed by atoms with Gasteiger partial charge in [0.15, 0.2) is 0 Å². The van der Waals surface area contributed by atoms with Crippen LogP contribution in [0.5, 0.6) is 0 Å². The smallest absolute Gasteiger partial charge is 0.313 e. The summed E-state index contributed by atoms with van der Waals surface area (Å²) in [5.74, 6) is -0.756. The highest BCUT2D eigenvalue weighted by molar-refractivity contribution is 5.85. The SMILES string of the molecule is CC(C)(C(=O)O)c1cccc(C(O)CCCN2CCC(C(O)(c3ccccc3)c3ccccc3)CC2)c1.Cl.O. The van der Waals surface area contributed by atoms with E-state index in [0.29, 0.717) is 12.0 Å². The number of carbonyl (C=O) groups is 1. The molecular weight excluding hydrogens is 514 g/mol. The molecule has 1 saturated heterocycles. The topological polar surface area (TPSA) is 112 Å². The van der Waals surface area contributed by atoms with Crippen molar-refractivity contribution in [1.29, 1.82) is 0 Å². The molecule has 3 aromatic carbocycles. The summed E-state index contributed by atoms with van der Waals surface area (Å²) in [5, 5.41) is 32.4. The lowest BCUT2D eigenvalue weighted by atomic mass is 9.72. The number of halogens is 1. The van der Waals surface area contributed by atoms with Crippen LogP contribution in [0.1, 0.15) is 67.9 Å². The van der Waals surface area contributed by atoms with Gasteiger partial charge in [-0.2, -0.15) is 0 Å². The van der Waals surface area contributed by atoms with Crippen molar-refractivity contribution >= 4 is 18.4 Å². The highest BCUT2D eigenvalue weighted by Crippen LogP contribution is 2.42. The Morgan fingerprint density at radius 2 is 1.41 bits per heavy atom. The molecule has 0 bridgehead atoms. The van der Waals surface area contributed by atoms with Crippen LogP contribution >= 0.6 is 12.4 Å². The number of nitrogens with zero attached hydrogens (tertiary/aromatic N) is 1. The number of hydrogen-bond donors (Lipinski definition) is 3. The molecule has 1 atom stereocenters. The summed E-state index contributed by atoms with van der Waals surface area (Å²) in [6, 6.07) is 27.3. The molecule has 5 N–H and O–H groups in total. The summed E-state index contributed by atoms with van der Waals surface area (Å²) >= 11 is 0. The molecule has 6 nitrogen and oxygen atoms in total. The maximum Gasteiger partial charge on any atom is 0.313 e.